The lowest BCUT2D eigenvalue weighted by atomic mass is 10.0. The summed E-state index contributed by atoms with van der Waals surface area (Å²) in [6.45, 7) is 1.51. The van der Waals surface area contributed by atoms with Crippen LogP contribution in [0.25, 0.3) is 5.69 Å². The lowest BCUT2D eigenvalue weighted by molar-refractivity contribution is -0.123. The second kappa shape index (κ2) is 6.54. The van der Waals surface area contributed by atoms with E-state index < -0.39 is 0 Å². The second-order valence-corrected chi connectivity index (χ2v) is 5.34. The predicted octanol–water partition coefficient (Wildman–Crippen LogP) is 1.63. The Morgan fingerprint density at radius 1 is 1.33 bits per heavy atom. The molecule has 1 atom stereocenters. The number of amides is 1. The van der Waals surface area contributed by atoms with E-state index in [2.05, 4.69) is 15.7 Å². The van der Waals surface area contributed by atoms with E-state index in [1.54, 1.807) is 6.20 Å². The number of nitrogens with zero attached hydrogens (tertiary/aromatic N) is 2. The molecular formula is C16H20N4O. The largest absolute Gasteiger partial charge is 0.351 e. The van der Waals surface area contributed by atoms with Crippen LogP contribution in [0.3, 0.4) is 0 Å². The van der Waals surface area contributed by atoms with E-state index >= 15 is 0 Å². The standard InChI is InChI=1S/C16H20N4O/c21-16(15-4-1-2-9-17-15)18-12-13-5-7-14(8-6-13)20-11-3-10-19-20/h3,5-8,10-11,15,17H,1-2,4,9,12H2,(H,18,21). The number of carbonyl (C=O) groups excluding carboxylic acids is 1. The van der Waals surface area contributed by atoms with Gasteiger partial charge in [0.2, 0.25) is 5.91 Å². The van der Waals surface area contributed by atoms with E-state index in [1.807, 2.05) is 41.2 Å². The van der Waals surface area contributed by atoms with Crippen LogP contribution in [-0.2, 0) is 11.3 Å². The van der Waals surface area contributed by atoms with Crippen molar-refractivity contribution in [1.82, 2.24) is 20.4 Å². The highest BCUT2D eigenvalue weighted by molar-refractivity contribution is 5.81. The highest BCUT2D eigenvalue weighted by Gasteiger charge is 2.19. The highest BCUT2D eigenvalue weighted by atomic mass is 16.2. The topological polar surface area (TPSA) is 59.0 Å². The molecule has 0 bridgehead atoms. The first-order valence-electron chi connectivity index (χ1n) is 7.43. The second-order valence-electron chi connectivity index (χ2n) is 5.34. The molecule has 0 saturated carbocycles. The van der Waals surface area contributed by atoms with E-state index in [9.17, 15) is 4.79 Å². The first-order valence-corrected chi connectivity index (χ1v) is 7.43. The Labute approximate surface area is 124 Å². The molecule has 2 N–H and O–H groups in total. The van der Waals surface area contributed by atoms with E-state index in [0.29, 0.717) is 6.54 Å². The molecule has 1 aromatic heterocycles. The van der Waals surface area contributed by atoms with Gasteiger partial charge in [0.1, 0.15) is 0 Å². The minimum absolute atomic E-state index is 0.0258. The Morgan fingerprint density at radius 3 is 2.86 bits per heavy atom. The van der Waals surface area contributed by atoms with Crippen LogP contribution in [0.4, 0.5) is 0 Å². The third-order valence-corrected chi connectivity index (χ3v) is 3.80. The smallest absolute Gasteiger partial charge is 0.237 e. The molecule has 2 aromatic rings. The molecule has 5 nitrogen and oxygen atoms in total. The predicted molar refractivity (Wildman–Crippen MR) is 81.1 cm³/mol. The maximum atomic E-state index is 12.0. The molecule has 0 spiro atoms. The maximum Gasteiger partial charge on any atom is 0.237 e. The molecule has 1 unspecified atom stereocenters. The number of piperidine rings is 1. The first kappa shape index (κ1) is 13.8. The average Bonchev–Trinajstić information content (AvgIpc) is 3.08. The lowest BCUT2D eigenvalue weighted by Crippen LogP contribution is -2.46. The van der Waals surface area contributed by atoms with Crippen molar-refractivity contribution in [3.63, 3.8) is 0 Å². The van der Waals surface area contributed by atoms with Gasteiger partial charge >= 0.3 is 0 Å². The van der Waals surface area contributed by atoms with Crippen LogP contribution in [0.1, 0.15) is 24.8 Å². The highest BCUT2D eigenvalue weighted by Crippen LogP contribution is 2.10. The fourth-order valence-electron chi connectivity index (χ4n) is 2.58. The molecule has 1 aliphatic rings. The Balaban J connectivity index is 1.54. The molecule has 3 rings (SSSR count). The molecule has 21 heavy (non-hydrogen) atoms. The van der Waals surface area contributed by atoms with Crippen LogP contribution >= 0.6 is 0 Å². The number of nitrogens with one attached hydrogen (secondary N) is 2. The van der Waals surface area contributed by atoms with Crippen LogP contribution in [0, 0.1) is 0 Å². The van der Waals surface area contributed by atoms with Crippen LogP contribution in [0.5, 0.6) is 0 Å². The molecule has 1 amide bonds. The van der Waals surface area contributed by atoms with Gasteiger partial charge in [0.05, 0.1) is 11.7 Å². The van der Waals surface area contributed by atoms with Crippen LogP contribution < -0.4 is 10.6 Å². The average molecular weight is 284 g/mol. The summed E-state index contributed by atoms with van der Waals surface area (Å²) in [7, 11) is 0. The molecule has 5 heteroatoms. The van der Waals surface area contributed by atoms with E-state index in [1.165, 1.54) is 6.42 Å². The number of aromatic nitrogens is 2. The number of hydrogen-bond acceptors (Lipinski definition) is 3. The summed E-state index contributed by atoms with van der Waals surface area (Å²) in [6, 6.07) is 9.92. The first-order chi connectivity index (χ1) is 10.3. The van der Waals surface area contributed by atoms with Gasteiger partial charge in [-0.1, -0.05) is 18.6 Å². The molecule has 1 fully saturated rings. The van der Waals surface area contributed by atoms with Gasteiger partial charge in [-0.05, 0) is 43.1 Å². The number of benzene rings is 1. The molecule has 2 heterocycles. The Hall–Kier alpha value is -2.14. The summed E-state index contributed by atoms with van der Waals surface area (Å²) in [4.78, 5) is 12.0. The third kappa shape index (κ3) is 3.49. The zero-order chi connectivity index (χ0) is 14.5. The Morgan fingerprint density at radius 2 is 2.19 bits per heavy atom. The van der Waals surface area contributed by atoms with Gasteiger partial charge < -0.3 is 10.6 Å². The lowest BCUT2D eigenvalue weighted by Gasteiger charge is -2.22. The summed E-state index contributed by atoms with van der Waals surface area (Å²) in [6.07, 6.45) is 6.89. The number of rotatable bonds is 4. The van der Waals surface area contributed by atoms with Gasteiger partial charge in [0.25, 0.3) is 0 Å². The fourth-order valence-corrected chi connectivity index (χ4v) is 2.58. The molecule has 110 valence electrons. The molecule has 1 aromatic carbocycles. The van der Waals surface area contributed by atoms with Crippen molar-refractivity contribution < 1.29 is 4.79 Å². The normalized spacial score (nSPS) is 18.4. The minimum atomic E-state index is -0.0258. The number of hydrogen-bond donors (Lipinski definition) is 2. The minimum Gasteiger partial charge on any atom is -0.351 e. The summed E-state index contributed by atoms with van der Waals surface area (Å²) < 4.78 is 1.81. The molecule has 0 radical (unpaired) electrons. The van der Waals surface area contributed by atoms with E-state index in [4.69, 9.17) is 0 Å². The van der Waals surface area contributed by atoms with Crippen molar-refractivity contribution >= 4 is 5.91 Å². The van der Waals surface area contributed by atoms with Gasteiger partial charge in [-0.3, -0.25) is 4.79 Å². The fraction of sp³-hybridized carbons (Fsp3) is 0.375. The van der Waals surface area contributed by atoms with Crippen molar-refractivity contribution in [2.75, 3.05) is 6.54 Å². The molecule has 1 saturated heterocycles. The van der Waals surface area contributed by atoms with Crippen molar-refractivity contribution in [2.24, 2.45) is 0 Å². The number of carbonyl (C=O) groups is 1. The molecule has 0 aliphatic carbocycles. The van der Waals surface area contributed by atoms with Crippen molar-refractivity contribution in [3.05, 3.63) is 48.3 Å². The van der Waals surface area contributed by atoms with Gasteiger partial charge in [0.15, 0.2) is 0 Å². The van der Waals surface area contributed by atoms with Crippen LogP contribution in [0.15, 0.2) is 42.7 Å². The molecule has 1 aliphatic heterocycles. The quantitative estimate of drug-likeness (QED) is 0.897. The van der Waals surface area contributed by atoms with Crippen molar-refractivity contribution in [2.45, 2.75) is 31.8 Å². The maximum absolute atomic E-state index is 12.0. The Bertz CT molecular complexity index is 571. The molecular weight excluding hydrogens is 264 g/mol. The van der Waals surface area contributed by atoms with Crippen molar-refractivity contribution in [1.29, 1.82) is 0 Å². The van der Waals surface area contributed by atoms with Crippen LogP contribution in [0.2, 0.25) is 0 Å². The van der Waals surface area contributed by atoms with Gasteiger partial charge in [-0.25, -0.2) is 4.68 Å². The third-order valence-electron chi connectivity index (χ3n) is 3.80. The summed E-state index contributed by atoms with van der Waals surface area (Å²) in [5.74, 6) is 0.103. The monoisotopic (exact) mass is 284 g/mol. The summed E-state index contributed by atoms with van der Waals surface area (Å²) in [5, 5.41) is 10.4. The van der Waals surface area contributed by atoms with Crippen molar-refractivity contribution in [3.8, 4) is 5.69 Å². The zero-order valence-corrected chi connectivity index (χ0v) is 12.0. The van der Waals surface area contributed by atoms with Crippen LogP contribution in [-0.4, -0.2) is 28.3 Å². The van der Waals surface area contributed by atoms with E-state index in [0.717, 1.165) is 30.6 Å². The summed E-state index contributed by atoms with van der Waals surface area (Å²) in [5.41, 5.74) is 2.11. The van der Waals surface area contributed by atoms with Gasteiger partial charge in [-0.15, -0.1) is 0 Å². The summed E-state index contributed by atoms with van der Waals surface area (Å²) >= 11 is 0. The van der Waals surface area contributed by atoms with Gasteiger partial charge in [0, 0.05) is 18.9 Å². The van der Waals surface area contributed by atoms with Gasteiger partial charge in [-0.2, -0.15) is 5.10 Å². The zero-order valence-electron chi connectivity index (χ0n) is 12.0. The SMILES string of the molecule is O=C(NCc1ccc(-n2cccn2)cc1)C1CCCCN1. The van der Waals surface area contributed by atoms with E-state index in [-0.39, 0.29) is 11.9 Å². The Kier molecular flexibility index (Phi) is 4.31.